The second-order valence-corrected chi connectivity index (χ2v) is 4.53. The number of amides is 2. The van der Waals surface area contributed by atoms with Crippen molar-refractivity contribution >= 4 is 6.03 Å². The summed E-state index contributed by atoms with van der Waals surface area (Å²) in [5.41, 5.74) is 0. The quantitative estimate of drug-likeness (QED) is 0.647. The molecule has 1 saturated heterocycles. The van der Waals surface area contributed by atoms with E-state index in [2.05, 4.69) is 5.32 Å². The van der Waals surface area contributed by atoms with Crippen LogP contribution < -0.4 is 5.32 Å². The van der Waals surface area contributed by atoms with Crippen molar-refractivity contribution < 1.29 is 9.90 Å². The van der Waals surface area contributed by atoms with Crippen LogP contribution in [0.2, 0.25) is 0 Å². The number of aliphatic hydroxyl groups is 1. The number of hydrogen-bond donors (Lipinski definition) is 2. The molecule has 4 nitrogen and oxygen atoms in total. The van der Waals surface area contributed by atoms with Crippen LogP contribution in [-0.4, -0.2) is 41.3 Å². The maximum atomic E-state index is 11.6. The van der Waals surface area contributed by atoms with Crippen LogP contribution in [0.5, 0.6) is 0 Å². The van der Waals surface area contributed by atoms with E-state index >= 15 is 0 Å². The van der Waals surface area contributed by atoms with Crippen molar-refractivity contribution in [3.8, 4) is 0 Å². The standard InChI is InChI=1S/C10H18N2O2/c1-7-5-12(6-9(7)13)10(14)11-8-3-2-4-8/h7-9,13H,2-6H2,1H3,(H,11,14). The Hall–Kier alpha value is -0.770. The maximum absolute atomic E-state index is 11.6. The summed E-state index contributed by atoms with van der Waals surface area (Å²) >= 11 is 0. The van der Waals surface area contributed by atoms with E-state index in [1.54, 1.807) is 4.90 Å². The van der Waals surface area contributed by atoms with Gasteiger partial charge in [-0.3, -0.25) is 0 Å². The highest BCUT2D eigenvalue weighted by molar-refractivity contribution is 5.75. The minimum atomic E-state index is -0.345. The summed E-state index contributed by atoms with van der Waals surface area (Å²) in [4.78, 5) is 13.4. The van der Waals surface area contributed by atoms with E-state index in [0.29, 0.717) is 19.1 Å². The molecule has 1 aliphatic heterocycles. The monoisotopic (exact) mass is 198 g/mol. The molecule has 2 rings (SSSR count). The Bertz CT molecular complexity index is 218. The van der Waals surface area contributed by atoms with Gasteiger partial charge in [-0.1, -0.05) is 6.92 Å². The first-order chi connectivity index (χ1) is 6.66. The lowest BCUT2D eigenvalue weighted by Crippen LogP contribution is -2.46. The molecular weight excluding hydrogens is 180 g/mol. The van der Waals surface area contributed by atoms with Gasteiger partial charge in [0, 0.05) is 25.0 Å². The molecule has 14 heavy (non-hydrogen) atoms. The molecule has 2 unspecified atom stereocenters. The van der Waals surface area contributed by atoms with Crippen molar-refractivity contribution in [2.24, 2.45) is 5.92 Å². The molecule has 0 bridgehead atoms. The molecule has 0 aromatic heterocycles. The fraction of sp³-hybridized carbons (Fsp3) is 0.900. The first-order valence-electron chi connectivity index (χ1n) is 5.40. The van der Waals surface area contributed by atoms with Crippen molar-refractivity contribution in [2.45, 2.75) is 38.3 Å². The van der Waals surface area contributed by atoms with Gasteiger partial charge in [0.25, 0.3) is 0 Å². The largest absolute Gasteiger partial charge is 0.391 e. The van der Waals surface area contributed by atoms with Crippen molar-refractivity contribution in [3.63, 3.8) is 0 Å². The summed E-state index contributed by atoms with van der Waals surface area (Å²) in [6, 6.07) is 0.383. The number of urea groups is 1. The second-order valence-electron chi connectivity index (χ2n) is 4.53. The van der Waals surface area contributed by atoms with Crippen LogP contribution in [-0.2, 0) is 0 Å². The van der Waals surface area contributed by atoms with Gasteiger partial charge in [0.2, 0.25) is 0 Å². The summed E-state index contributed by atoms with van der Waals surface area (Å²) in [7, 11) is 0. The van der Waals surface area contributed by atoms with Gasteiger partial charge in [-0.15, -0.1) is 0 Å². The smallest absolute Gasteiger partial charge is 0.317 e. The highest BCUT2D eigenvalue weighted by atomic mass is 16.3. The van der Waals surface area contributed by atoms with Crippen LogP contribution in [0, 0.1) is 5.92 Å². The van der Waals surface area contributed by atoms with Crippen LogP contribution in [0.4, 0.5) is 4.79 Å². The number of β-amino-alcohol motifs (C(OH)–C–C–N with tert-alkyl or cyclic N) is 1. The van der Waals surface area contributed by atoms with Crippen molar-refractivity contribution in [2.75, 3.05) is 13.1 Å². The van der Waals surface area contributed by atoms with Gasteiger partial charge in [-0.2, -0.15) is 0 Å². The molecular formula is C10H18N2O2. The summed E-state index contributed by atoms with van der Waals surface area (Å²) < 4.78 is 0. The topological polar surface area (TPSA) is 52.6 Å². The number of nitrogens with zero attached hydrogens (tertiary/aromatic N) is 1. The lowest BCUT2D eigenvalue weighted by atomic mass is 9.93. The minimum Gasteiger partial charge on any atom is -0.391 e. The van der Waals surface area contributed by atoms with Crippen LogP contribution >= 0.6 is 0 Å². The van der Waals surface area contributed by atoms with E-state index in [1.165, 1.54) is 6.42 Å². The Kier molecular flexibility index (Phi) is 2.63. The van der Waals surface area contributed by atoms with Crippen LogP contribution in [0.1, 0.15) is 26.2 Å². The molecule has 2 aliphatic rings. The van der Waals surface area contributed by atoms with Gasteiger partial charge in [-0.05, 0) is 19.3 Å². The number of nitrogens with one attached hydrogen (secondary N) is 1. The van der Waals surface area contributed by atoms with Gasteiger partial charge in [0.05, 0.1) is 6.10 Å². The van der Waals surface area contributed by atoms with Gasteiger partial charge in [-0.25, -0.2) is 4.79 Å². The Labute approximate surface area is 84.3 Å². The molecule has 1 heterocycles. The molecule has 2 amide bonds. The third kappa shape index (κ3) is 1.85. The van der Waals surface area contributed by atoms with Crippen molar-refractivity contribution in [3.05, 3.63) is 0 Å². The first-order valence-corrected chi connectivity index (χ1v) is 5.40. The van der Waals surface area contributed by atoms with Crippen LogP contribution in [0.25, 0.3) is 0 Å². The molecule has 0 spiro atoms. The predicted molar refractivity (Wildman–Crippen MR) is 52.9 cm³/mol. The Morgan fingerprint density at radius 2 is 2.14 bits per heavy atom. The average Bonchev–Trinajstić information content (AvgIpc) is 2.40. The number of carbonyl (C=O) groups is 1. The predicted octanol–water partition coefficient (Wildman–Crippen LogP) is 0.561. The highest BCUT2D eigenvalue weighted by Gasteiger charge is 2.32. The first kappa shape index (κ1) is 9.77. The van der Waals surface area contributed by atoms with Gasteiger partial charge >= 0.3 is 6.03 Å². The second kappa shape index (κ2) is 3.77. The third-order valence-electron chi connectivity index (χ3n) is 3.29. The van der Waals surface area contributed by atoms with E-state index in [1.807, 2.05) is 6.92 Å². The summed E-state index contributed by atoms with van der Waals surface area (Å²) in [5, 5.41) is 12.5. The van der Waals surface area contributed by atoms with Gasteiger partial charge in [0.15, 0.2) is 0 Å². The number of aliphatic hydroxyl groups excluding tert-OH is 1. The maximum Gasteiger partial charge on any atom is 0.317 e. The summed E-state index contributed by atoms with van der Waals surface area (Å²) in [6.07, 6.45) is 3.10. The lowest BCUT2D eigenvalue weighted by Gasteiger charge is -2.28. The molecule has 4 heteroatoms. The molecule has 0 aromatic carbocycles. The van der Waals surface area contributed by atoms with E-state index in [4.69, 9.17) is 0 Å². The van der Waals surface area contributed by atoms with E-state index < -0.39 is 0 Å². The number of carbonyl (C=O) groups excluding carboxylic acids is 1. The molecule has 1 saturated carbocycles. The summed E-state index contributed by atoms with van der Waals surface area (Å²) in [6.45, 7) is 3.14. The van der Waals surface area contributed by atoms with E-state index in [-0.39, 0.29) is 18.1 Å². The van der Waals surface area contributed by atoms with E-state index in [0.717, 1.165) is 12.8 Å². The number of hydrogen-bond acceptors (Lipinski definition) is 2. The molecule has 1 aliphatic carbocycles. The molecule has 2 N–H and O–H groups in total. The number of rotatable bonds is 1. The molecule has 0 aromatic rings. The highest BCUT2D eigenvalue weighted by Crippen LogP contribution is 2.20. The summed E-state index contributed by atoms with van der Waals surface area (Å²) in [5.74, 6) is 0.210. The number of likely N-dealkylation sites (tertiary alicyclic amines) is 1. The van der Waals surface area contributed by atoms with Crippen LogP contribution in [0.15, 0.2) is 0 Å². The lowest BCUT2D eigenvalue weighted by molar-refractivity contribution is 0.147. The molecule has 80 valence electrons. The average molecular weight is 198 g/mol. The van der Waals surface area contributed by atoms with Crippen molar-refractivity contribution in [1.82, 2.24) is 10.2 Å². The normalized spacial score (nSPS) is 32.9. The fourth-order valence-electron chi connectivity index (χ4n) is 1.93. The van der Waals surface area contributed by atoms with E-state index in [9.17, 15) is 9.90 Å². The Morgan fingerprint density at radius 1 is 1.43 bits per heavy atom. The minimum absolute atomic E-state index is 0.00176. The zero-order valence-electron chi connectivity index (χ0n) is 8.57. The Morgan fingerprint density at radius 3 is 2.57 bits per heavy atom. The zero-order valence-corrected chi connectivity index (χ0v) is 8.57. The Balaban J connectivity index is 1.80. The molecule has 2 fully saturated rings. The zero-order chi connectivity index (χ0) is 10.1. The van der Waals surface area contributed by atoms with Crippen molar-refractivity contribution in [1.29, 1.82) is 0 Å². The van der Waals surface area contributed by atoms with Gasteiger partial charge < -0.3 is 15.3 Å². The van der Waals surface area contributed by atoms with Crippen LogP contribution in [0.3, 0.4) is 0 Å². The SMILES string of the molecule is CC1CN(C(=O)NC2CCC2)CC1O. The third-order valence-corrected chi connectivity index (χ3v) is 3.29. The molecule has 0 radical (unpaired) electrons. The van der Waals surface area contributed by atoms with Gasteiger partial charge in [0.1, 0.15) is 0 Å². The fourth-order valence-corrected chi connectivity index (χ4v) is 1.93. The molecule has 2 atom stereocenters.